The van der Waals surface area contributed by atoms with Crippen LogP contribution in [-0.2, 0) is 6.54 Å². The van der Waals surface area contributed by atoms with Crippen molar-refractivity contribution in [2.24, 2.45) is 0 Å². The molecule has 3 rings (SSSR count). The minimum absolute atomic E-state index is 0.995. The Bertz CT molecular complexity index is 726. The lowest BCUT2D eigenvalue weighted by Crippen LogP contribution is -2.32. The Hall–Kier alpha value is -1.87. The van der Waals surface area contributed by atoms with Crippen LogP contribution >= 0.6 is 11.3 Å². The molecule has 1 aromatic heterocycles. The standard InChI is InChI=1S/C17H19N2S/c1-4-19-15-7-5-6-8-16(15)20-17(19)13-9-11-14(12-10-13)18(2)3/h5-12H,4H2,1-3H3/q+1. The van der Waals surface area contributed by atoms with Gasteiger partial charge in [0, 0.05) is 25.8 Å². The van der Waals surface area contributed by atoms with Gasteiger partial charge in [0.05, 0.1) is 5.56 Å². The molecule has 0 radical (unpaired) electrons. The molecule has 0 unspecified atom stereocenters. The number of anilines is 1. The van der Waals surface area contributed by atoms with Gasteiger partial charge in [-0.15, -0.1) is 0 Å². The largest absolute Gasteiger partial charge is 0.378 e. The summed E-state index contributed by atoms with van der Waals surface area (Å²) in [7, 11) is 4.14. The molecule has 0 fully saturated rings. The molecule has 0 aliphatic carbocycles. The summed E-state index contributed by atoms with van der Waals surface area (Å²) in [6, 6.07) is 17.4. The lowest BCUT2D eigenvalue weighted by molar-refractivity contribution is -0.653. The normalized spacial score (nSPS) is 10.9. The van der Waals surface area contributed by atoms with Gasteiger partial charge >= 0.3 is 0 Å². The zero-order chi connectivity index (χ0) is 14.1. The van der Waals surface area contributed by atoms with Gasteiger partial charge in [-0.2, -0.15) is 4.57 Å². The van der Waals surface area contributed by atoms with Gasteiger partial charge in [0.25, 0.3) is 5.01 Å². The second-order valence-electron chi connectivity index (χ2n) is 5.06. The van der Waals surface area contributed by atoms with E-state index in [1.54, 1.807) is 0 Å². The third-order valence-electron chi connectivity index (χ3n) is 3.55. The number of rotatable bonds is 3. The third-order valence-corrected chi connectivity index (χ3v) is 4.77. The van der Waals surface area contributed by atoms with Crippen LogP contribution < -0.4 is 9.47 Å². The fourth-order valence-electron chi connectivity index (χ4n) is 2.47. The van der Waals surface area contributed by atoms with Crippen molar-refractivity contribution in [3.05, 3.63) is 48.5 Å². The Balaban J connectivity index is 2.13. The van der Waals surface area contributed by atoms with Gasteiger partial charge in [-0.1, -0.05) is 23.5 Å². The molecule has 1 heterocycles. The Morgan fingerprint density at radius 1 is 1.00 bits per heavy atom. The molecule has 0 aliphatic rings. The maximum absolute atomic E-state index is 2.39. The van der Waals surface area contributed by atoms with Crippen LogP contribution in [0.2, 0.25) is 0 Å². The first-order valence-electron chi connectivity index (χ1n) is 6.90. The number of benzene rings is 2. The molecule has 102 valence electrons. The SMILES string of the molecule is CC[n+]1c(-c2ccc(N(C)C)cc2)sc2ccccc21. The summed E-state index contributed by atoms with van der Waals surface area (Å²) in [5.41, 5.74) is 3.85. The fourth-order valence-corrected chi connectivity index (χ4v) is 3.70. The highest BCUT2D eigenvalue weighted by Crippen LogP contribution is 2.29. The molecule has 3 heteroatoms. The number of hydrogen-bond donors (Lipinski definition) is 0. The number of aromatic nitrogens is 1. The van der Waals surface area contributed by atoms with Gasteiger partial charge < -0.3 is 4.90 Å². The fraction of sp³-hybridized carbons (Fsp3) is 0.235. The zero-order valence-corrected chi connectivity index (χ0v) is 12.9. The Labute approximate surface area is 123 Å². The molecule has 0 saturated carbocycles. The predicted octanol–water partition coefficient (Wildman–Crippen LogP) is 3.94. The van der Waals surface area contributed by atoms with E-state index >= 15 is 0 Å². The van der Waals surface area contributed by atoms with Crippen LogP contribution in [-0.4, -0.2) is 14.1 Å². The average molecular weight is 283 g/mol. The number of aryl methyl sites for hydroxylation is 1. The highest BCUT2D eigenvalue weighted by molar-refractivity contribution is 7.21. The first-order chi connectivity index (χ1) is 9.70. The minimum atomic E-state index is 0.995. The maximum atomic E-state index is 2.39. The van der Waals surface area contributed by atoms with Gasteiger partial charge in [0.2, 0.25) is 5.52 Å². The van der Waals surface area contributed by atoms with Gasteiger partial charge in [-0.3, -0.25) is 0 Å². The van der Waals surface area contributed by atoms with E-state index in [2.05, 4.69) is 79.0 Å². The number of hydrogen-bond acceptors (Lipinski definition) is 2. The van der Waals surface area contributed by atoms with Crippen LogP contribution in [0.5, 0.6) is 0 Å². The number of para-hydroxylation sites is 1. The summed E-state index contributed by atoms with van der Waals surface area (Å²) in [5, 5.41) is 1.33. The van der Waals surface area contributed by atoms with E-state index in [9.17, 15) is 0 Å². The highest BCUT2D eigenvalue weighted by Gasteiger charge is 2.20. The van der Waals surface area contributed by atoms with Crippen molar-refractivity contribution in [2.75, 3.05) is 19.0 Å². The lowest BCUT2D eigenvalue weighted by atomic mass is 10.2. The van der Waals surface area contributed by atoms with Crippen LogP contribution in [0.25, 0.3) is 20.8 Å². The molecule has 3 aromatic rings. The van der Waals surface area contributed by atoms with Crippen LogP contribution in [0.15, 0.2) is 48.5 Å². The number of fused-ring (bicyclic) bond motifs is 1. The molecule has 0 aliphatic heterocycles. The van der Waals surface area contributed by atoms with Crippen LogP contribution in [0.1, 0.15) is 6.92 Å². The van der Waals surface area contributed by atoms with Crippen molar-refractivity contribution in [1.29, 1.82) is 0 Å². The minimum Gasteiger partial charge on any atom is -0.378 e. The van der Waals surface area contributed by atoms with E-state index in [1.807, 2.05) is 11.3 Å². The molecule has 0 spiro atoms. The lowest BCUT2D eigenvalue weighted by Gasteiger charge is -2.11. The molecule has 0 saturated heterocycles. The van der Waals surface area contributed by atoms with Crippen LogP contribution in [0.4, 0.5) is 5.69 Å². The zero-order valence-electron chi connectivity index (χ0n) is 12.1. The van der Waals surface area contributed by atoms with Crippen LogP contribution in [0.3, 0.4) is 0 Å². The van der Waals surface area contributed by atoms with Crippen molar-refractivity contribution >= 4 is 27.2 Å². The van der Waals surface area contributed by atoms with E-state index in [-0.39, 0.29) is 0 Å². The highest BCUT2D eigenvalue weighted by atomic mass is 32.1. The average Bonchev–Trinajstić information content (AvgIpc) is 2.85. The van der Waals surface area contributed by atoms with Crippen molar-refractivity contribution < 1.29 is 4.57 Å². The molecule has 2 nitrogen and oxygen atoms in total. The molecule has 20 heavy (non-hydrogen) atoms. The van der Waals surface area contributed by atoms with Gasteiger partial charge in [-0.05, 0) is 37.3 Å². The number of nitrogens with zero attached hydrogens (tertiary/aromatic N) is 2. The molecular weight excluding hydrogens is 264 g/mol. The maximum Gasteiger partial charge on any atom is 0.270 e. The topological polar surface area (TPSA) is 7.12 Å². The van der Waals surface area contributed by atoms with Gasteiger partial charge in [-0.25, -0.2) is 0 Å². The first kappa shape index (κ1) is 13.1. The molecule has 0 bridgehead atoms. The second-order valence-corrected chi connectivity index (χ2v) is 6.09. The quantitative estimate of drug-likeness (QED) is 0.660. The molecule has 0 atom stereocenters. The Morgan fingerprint density at radius 3 is 2.35 bits per heavy atom. The summed E-state index contributed by atoms with van der Waals surface area (Å²) in [4.78, 5) is 2.13. The third kappa shape index (κ3) is 2.18. The summed E-state index contributed by atoms with van der Waals surface area (Å²) >= 11 is 1.87. The molecule has 0 N–H and O–H groups in total. The monoisotopic (exact) mass is 283 g/mol. The van der Waals surface area contributed by atoms with Gasteiger partial charge in [0.1, 0.15) is 11.2 Å². The van der Waals surface area contributed by atoms with Crippen molar-refractivity contribution in [2.45, 2.75) is 13.5 Å². The van der Waals surface area contributed by atoms with Crippen molar-refractivity contribution in [1.82, 2.24) is 0 Å². The Kier molecular flexibility index (Phi) is 3.45. The van der Waals surface area contributed by atoms with E-state index in [4.69, 9.17) is 0 Å². The van der Waals surface area contributed by atoms with Crippen LogP contribution in [0, 0.1) is 0 Å². The van der Waals surface area contributed by atoms with Gasteiger partial charge in [0.15, 0.2) is 0 Å². The summed E-state index contributed by atoms with van der Waals surface area (Å²) < 4.78 is 3.74. The van der Waals surface area contributed by atoms with E-state index < -0.39 is 0 Å². The number of thiazole rings is 1. The summed E-state index contributed by atoms with van der Waals surface area (Å²) in [5.74, 6) is 0. The summed E-state index contributed by atoms with van der Waals surface area (Å²) in [6.45, 7) is 3.20. The second kappa shape index (κ2) is 5.25. The van der Waals surface area contributed by atoms with Crippen molar-refractivity contribution in [3.8, 4) is 10.6 Å². The Morgan fingerprint density at radius 2 is 1.70 bits per heavy atom. The summed E-state index contributed by atoms with van der Waals surface area (Å²) in [6.07, 6.45) is 0. The smallest absolute Gasteiger partial charge is 0.270 e. The molecular formula is C17H19N2S+. The van der Waals surface area contributed by atoms with Crippen molar-refractivity contribution in [3.63, 3.8) is 0 Å². The molecule has 2 aromatic carbocycles. The molecule has 0 amide bonds. The predicted molar refractivity (Wildman–Crippen MR) is 87.5 cm³/mol. The first-order valence-corrected chi connectivity index (χ1v) is 7.71. The van der Waals surface area contributed by atoms with E-state index in [0.29, 0.717) is 0 Å². The van der Waals surface area contributed by atoms with E-state index in [0.717, 1.165) is 6.54 Å². The van der Waals surface area contributed by atoms with E-state index in [1.165, 1.54) is 26.5 Å².